The molecule has 1 amide bonds. The number of carbonyl (C=O) groups is 1. The standard InChI is InChI=1S/C22H30N2O4S/c1-5-7-8-17-9-11-18(12-10-17)23-22(25)21(6-2)28-20-15-13-19(14-16-20)24(3)29(4,26)27/h9-16,21H,5-8H2,1-4H3,(H,23,25)/t21-/m1/s1. The van der Waals surface area contributed by atoms with Gasteiger partial charge in [-0.25, -0.2) is 8.42 Å². The second-order valence-corrected chi connectivity index (χ2v) is 9.04. The summed E-state index contributed by atoms with van der Waals surface area (Å²) in [5.74, 6) is 0.290. The third kappa shape index (κ3) is 6.78. The quantitative estimate of drug-likeness (QED) is 0.627. The maximum absolute atomic E-state index is 12.6. The van der Waals surface area contributed by atoms with Gasteiger partial charge in [0.1, 0.15) is 5.75 Å². The molecule has 2 aromatic rings. The summed E-state index contributed by atoms with van der Waals surface area (Å²) in [5, 5.41) is 2.89. The molecule has 29 heavy (non-hydrogen) atoms. The number of amides is 1. The molecule has 0 aliphatic carbocycles. The molecule has 7 heteroatoms. The van der Waals surface area contributed by atoms with Crippen molar-refractivity contribution in [2.24, 2.45) is 0 Å². The molecule has 0 spiro atoms. The molecule has 0 aliphatic heterocycles. The van der Waals surface area contributed by atoms with Gasteiger partial charge in [0.2, 0.25) is 10.0 Å². The van der Waals surface area contributed by atoms with E-state index in [4.69, 9.17) is 4.74 Å². The lowest BCUT2D eigenvalue weighted by atomic mass is 10.1. The fraction of sp³-hybridized carbons (Fsp3) is 0.409. The number of sulfonamides is 1. The molecule has 1 N–H and O–H groups in total. The summed E-state index contributed by atoms with van der Waals surface area (Å²) in [6.07, 6.45) is 4.34. The highest BCUT2D eigenvalue weighted by Crippen LogP contribution is 2.22. The molecule has 158 valence electrons. The van der Waals surface area contributed by atoms with E-state index in [1.54, 1.807) is 24.3 Å². The number of nitrogens with one attached hydrogen (secondary N) is 1. The van der Waals surface area contributed by atoms with Gasteiger partial charge < -0.3 is 10.1 Å². The van der Waals surface area contributed by atoms with Gasteiger partial charge in [0.25, 0.3) is 5.91 Å². The number of ether oxygens (including phenoxy) is 1. The summed E-state index contributed by atoms with van der Waals surface area (Å²) >= 11 is 0. The van der Waals surface area contributed by atoms with Crippen LogP contribution in [0.1, 0.15) is 38.7 Å². The first-order valence-electron chi connectivity index (χ1n) is 9.85. The van der Waals surface area contributed by atoms with Gasteiger partial charge in [0.15, 0.2) is 6.10 Å². The van der Waals surface area contributed by atoms with Gasteiger partial charge in [-0.3, -0.25) is 9.10 Å². The van der Waals surface area contributed by atoms with Crippen LogP contribution < -0.4 is 14.4 Å². The van der Waals surface area contributed by atoms with Gasteiger partial charge in [-0.05, 0) is 61.2 Å². The number of hydrogen-bond acceptors (Lipinski definition) is 4. The topological polar surface area (TPSA) is 75.7 Å². The van der Waals surface area contributed by atoms with Gasteiger partial charge in [0, 0.05) is 12.7 Å². The molecule has 0 aliphatic rings. The Bertz CT molecular complexity index is 893. The number of aryl methyl sites for hydroxylation is 1. The first-order valence-corrected chi connectivity index (χ1v) is 11.7. The summed E-state index contributed by atoms with van der Waals surface area (Å²) in [5.41, 5.74) is 2.52. The predicted molar refractivity (Wildman–Crippen MR) is 118 cm³/mol. The van der Waals surface area contributed by atoms with E-state index in [2.05, 4.69) is 12.2 Å². The third-order valence-corrected chi connectivity index (χ3v) is 5.89. The van der Waals surface area contributed by atoms with Crippen molar-refractivity contribution in [3.8, 4) is 5.75 Å². The maximum Gasteiger partial charge on any atom is 0.265 e. The Kier molecular flexibility index (Phi) is 8.08. The van der Waals surface area contributed by atoms with Gasteiger partial charge >= 0.3 is 0 Å². The maximum atomic E-state index is 12.6. The van der Waals surface area contributed by atoms with Crippen LogP contribution in [0, 0.1) is 0 Å². The van der Waals surface area contributed by atoms with Crippen molar-refractivity contribution in [2.75, 3.05) is 22.9 Å². The first-order chi connectivity index (χ1) is 13.7. The zero-order chi connectivity index (χ0) is 21.4. The van der Waals surface area contributed by atoms with Crippen LogP contribution in [0.15, 0.2) is 48.5 Å². The first kappa shape index (κ1) is 22.7. The van der Waals surface area contributed by atoms with Crippen molar-refractivity contribution >= 4 is 27.3 Å². The summed E-state index contributed by atoms with van der Waals surface area (Å²) in [6, 6.07) is 14.5. The highest BCUT2D eigenvalue weighted by Gasteiger charge is 2.19. The number of rotatable bonds is 10. The predicted octanol–water partition coefficient (Wildman–Crippen LogP) is 4.22. The Balaban J connectivity index is 1.99. The molecule has 0 heterocycles. The van der Waals surface area contributed by atoms with Crippen molar-refractivity contribution in [1.82, 2.24) is 0 Å². The Morgan fingerprint density at radius 3 is 2.21 bits per heavy atom. The fourth-order valence-electron chi connectivity index (χ4n) is 2.77. The molecule has 2 rings (SSSR count). The van der Waals surface area contributed by atoms with Crippen LogP contribution in [0.4, 0.5) is 11.4 Å². The Morgan fingerprint density at radius 1 is 1.07 bits per heavy atom. The molecular formula is C22H30N2O4S. The minimum atomic E-state index is -3.32. The number of anilines is 2. The van der Waals surface area contributed by atoms with E-state index in [-0.39, 0.29) is 5.91 Å². The van der Waals surface area contributed by atoms with Gasteiger partial charge in [0.05, 0.1) is 11.9 Å². The summed E-state index contributed by atoms with van der Waals surface area (Å²) in [4.78, 5) is 12.6. The molecule has 0 bridgehead atoms. The van der Waals surface area contributed by atoms with Crippen molar-refractivity contribution in [2.45, 2.75) is 45.6 Å². The fourth-order valence-corrected chi connectivity index (χ4v) is 3.28. The molecule has 0 aromatic heterocycles. The average molecular weight is 419 g/mol. The normalized spacial score (nSPS) is 12.3. The number of hydrogen-bond donors (Lipinski definition) is 1. The van der Waals surface area contributed by atoms with Crippen LogP contribution in [-0.2, 0) is 21.2 Å². The van der Waals surface area contributed by atoms with E-state index in [0.717, 1.165) is 31.2 Å². The average Bonchev–Trinajstić information content (AvgIpc) is 2.70. The van der Waals surface area contributed by atoms with E-state index in [1.807, 2.05) is 31.2 Å². The molecule has 0 fully saturated rings. The smallest absolute Gasteiger partial charge is 0.265 e. The minimum Gasteiger partial charge on any atom is -0.481 e. The van der Waals surface area contributed by atoms with Crippen molar-refractivity contribution in [1.29, 1.82) is 0 Å². The molecule has 0 saturated carbocycles. The Morgan fingerprint density at radius 2 is 1.69 bits per heavy atom. The molecular weight excluding hydrogens is 388 g/mol. The van der Waals surface area contributed by atoms with E-state index in [9.17, 15) is 13.2 Å². The zero-order valence-corrected chi connectivity index (χ0v) is 18.3. The molecule has 0 saturated heterocycles. The van der Waals surface area contributed by atoms with Crippen molar-refractivity contribution < 1.29 is 17.9 Å². The molecule has 2 aromatic carbocycles. The number of nitrogens with zero attached hydrogens (tertiary/aromatic N) is 1. The monoisotopic (exact) mass is 418 g/mol. The second kappa shape index (κ2) is 10.3. The van der Waals surface area contributed by atoms with Crippen LogP contribution in [0.2, 0.25) is 0 Å². The van der Waals surface area contributed by atoms with Crippen molar-refractivity contribution in [3.63, 3.8) is 0 Å². The highest BCUT2D eigenvalue weighted by molar-refractivity contribution is 7.92. The lowest BCUT2D eigenvalue weighted by molar-refractivity contribution is -0.122. The summed E-state index contributed by atoms with van der Waals surface area (Å²) in [7, 11) is -1.84. The van der Waals surface area contributed by atoms with Gasteiger partial charge in [-0.2, -0.15) is 0 Å². The van der Waals surface area contributed by atoms with Crippen LogP contribution in [0.3, 0.4) is 0 Å². The summed E-state index contributed by atoms with van der Waals surface area (Å²) in [6.45, 7) is 4.04. The van der Waals surface area contributed by atoms with E-state index in [1.165, 1.54) is 16.9 Å². The van der Waals surface area contributed by atoms with Crippen LogP contribution in [0.5, 0.6) is 5.75 Å². The number of unbranched alkanes of at least 4 members (excludes halogenated alkanes) is 1. The molecule has 0 radical (unpaired) electrons. The van der Waals surface area contributed by atoms with Crippen molar-refractivity contribution in [3.05, 3.63) is 54.1 Å². The SMILES string of the molecule is CCCCc1ccc(NC(=O)[C@@H](CC)Oc2ccc(N(C)S(C)(=O)=O)cc2)cc1. The van der Waals surface area contributed by atoms with E-state index < -0.39 is 16.1 Å². The Hall–Kier alpha value is -2.54. The Labute approximate surface area is 173 Å². The molecule has 1 atom stereocenters. The molecule has 6 nitrogen and oxygen atoms in total. The van der Waals surface area contributed by atoms with E-state index >= 15 is 0 Å². The van der Waals surface area contributed by atoms with Gasteiger partial charge in [-0.15, -0.1) is 0 Å². The van der Waals surface area contributed by atoms with Crippen LogP contribution in [0.25, 0.3) is 0 Å². The summed E-state index contributed by atoms with van der Waals surface area (Å²) < 4.78 is 30.2. The highest BCUT2D eigenvalue weighted by atomic mass is 32.2. The third-order valence-electron chi connectivity index (χ3n) is 4.68. The largest absolute Gasteiger partial charge is 0.481 e. The molecule has 0 unspecified atom stereocenters. The van der Waals surface area contributed by atoms with Crippen LogP contribution >= 0.6 is 0 Å². The number of carbonyl (C=O) groups excluding carboxylic acids is 1. The minimum absolute atomic E-state index is 0.217. The van der Waals surface area contributed by atoms with E-state index in [0.29, 0.717) is 17.9 Å². The zero-order valence-electron chi connectivity index (χ0n) is 17.5. The van der Waals surface area contributed by atoms with Gasteiger partial charge in [-0.1, -0.05) is 32.4 Å². The van der Waals surface area contributed by atoms with Crippen LogP contribution in [-0.4, -0.2) is 33.7 Å². The second-order valence-electron chi connectivity index (χ2n) is 7.03. The lowest BCUT2D eigenvalue weighted by Crippen LogP contribution is -2.32. The number of benzene rings is 2. The lowest BCUT2D eigenvalue weighted by Gasteiger charge is -2.19.